The van der Waals surface area contributed by atoms with E-state index in [1.165, 1.54) is 4.90 Å². The molecule has 0 aromatic rings. The van der Waals surface area contributed by atoms with Crippen LogP contribution in [0.4, 0.5) is 0 Å². The molecule has 0 heterocycles. The van der Waals surface area contributed by atoms with Gasteiger partial charge in [-0.2, -0.15) is 0 Å². The number of carboxylic acid groups (broad SMARTS) is 1. The summed E-state index contributed by atoms with van der Waals surface area (Å²) in [5, 5.41) is 9.19. The van der Waals surface area contributed by atoms with Gasteiger partial charge in [-0.25, -0.2) is 4.79 Å². The van der Waals surface area contributed by atoms with Crippen LogP contribution < -0.4 is 5.73 Å². The summed E-state index contributed by atoms with van der Waals surface area (Å²) in [4.78, 5) is 25.1. The van der Waals surface area contributed by atoms with E-state index in [2.05, 4.69) is 0 Å². The highest BCUT2D eigenvalue weighted by atomic mass is 16.4. The van der Waals surface area contributed by atoms with Crippen molar-refractivity contribution >= 4 is 11.9 Å². The molecule has 1 aliphatic carbocycles. The first-order valence-corrected chi connectivity index (χ1v) is 6.50. The third-order valence-corrected chi connectivity index (χ3v) is 4.32. The second-order valence-corrected chi connectivity index (χ2v) is 5.77. The molecule has 1 saturated carbocycles. The highest BCUT2D eigenvalue weighted by molar-refractivity contribution is 5.89. The van der Waals surface area contributed by atoms with Crippen molar-refractivity contribution in [2.24, 2.45) is 11.1 Å². The van der Waals surface area contributed by atoms with E-state index in [9.17, 15) is 14.7 Å². The fourth-order valence-corrected chi connectivity index (χ4v) is 2.49. The zero-order valence-corrected chi connectivity index (χ0v) is 11.5. The lowest BCUT2D eigenvalue weighted by Gasteiger charge is -2.42. The number of nitrogens with two attached hydrogens (primary N) is 1. The smallest absolute Gasteiger partial charge is 0.329 e. The largest absolute Gasteiger partial charge is 0.480 e. The Kier molecular flexibility index (Phi) is 4.37. The Morgan fingerprint density at radius 3 is 2.17 bits per heavy atom. The lowest BCUT2D eigenvalue weighted by Crippen LogP contribution is -2.57. The average Bonchev–Trinajstić information content (AvgIpc) is 2.37. The molecule has 0 aromatic heterocycles. The van der Waals surface area contributed by atoms with Gasteiger partial charge in [-0.15, -0.1) is 0 Å². The first-order valence-electron chi connectivity index (χ1n) is 6.50. The fourth-order valence-electron chi connectivity index (χ4n) is 2.49. The van der Waals surface area contributed by atoms with Crippen molar-refractivity contribution in [1.29, 1.82) is 0 Å². The van der Waals surface area contributed by atoms with Gasteiger partial charge in [0.1, 0.15) is 5.54 Å². The second kappa shape index (κ2) is 5.26. The minimum atomic E-state index is -1.20. The molecule has 18 heavy (non-hydrogen) atoms. The predicted molar refractivity (Wildman–Crippen MR) is 69.1 cm³/mol. The molecule has 1 amide bonds. The van der Waals surface area contributed by atoms with E-state index in [0.717, 1.165) is 32.1 Å². The van der Waals surface area contributed by atoms with Crippen molar-refractivity contribution < 1.29 is 14.7 Å². The van der Waals surface area contributed by atoms with Crippen LogP contribution in [0.3, 0.4) is 0 Å². The monoisotopic (exact) mass is 256 g/mol. The quantitative estimate of drug-likeness (QED) is 0.792. The molecule has 3 N–H and O–H groups in total. The number of nitrogens with zero attached hydrogens (tertiary/aromatic N) is 1. The van der Waals surface area contributed by atoms with E-state index < -0.39 is 16.9 Å². The lowest BCUT2D eigenvalue weighted by molar-refractivity contribution is -0.160. The summed E-state index contributed by atoms with van der Waals surface area (Å²) in [5.41, 5.74) is 4.05. The molecule has 1 fully saturated rings. The minimum Gasteiger partial charge on any atom is -0.480 e. The van der Waals surface area contributed by atoms with E-state index in [1.54, 1.807) is 20.9 Å². The molecule has 0 saturated heterocycles. The van der Waals surface area contributed by atoms with Gasteiger partial charge in [0, 0.05) is 13.6 Å². The van der Waals surface area contributed by atoms with Crippen LogP contribution in [0.25, 0.3) is 0 Å². The number of carbonyl (C=O) groups is 2. The summed E-state index contributed by atoms with van der Waals surface area (Å²) in [6, 6.07) is 0. The van der Waals surface area contributed by atoms with E-state index in [1.807, 2.05) is 0 Å². The van der Waals surface area contributed by atoms with E-state index >= 15 is 0 Å². The molecule has 5 nitrogen and oxygen atoms in total. The molecule has 0 aliphatic heterocycles. The third kappa shape index (κ3) is 2.51. The summed E-state index contributed by atoms with van der Waals surface area (Å²) >= 11 is 0. The molecule has 0 spiro atoms. The zero-order chi connectivity index (χ0) is 14.0. The topological polar surface area (TPSA) is 83.6 Å². The Balaban J connectivity index is 2.94. The minimum absolute atomic E-state index is 0.128. The van der Waals surface area contributed by atoms with Crippen LogP contribution in [0.15, 0.2) is 0 Å². The normalized spacial score (nSPS) is 19.3. The Bertz CT molecular complexity index is 333. The highest BCUT2D eigenvalue weighted by Gasteiger charge is 2.45. The molecular formula is C13H24N2O3. The maximum Gasteiger partial charge on any atom is 0.329 e. The van der Waals surface area contributed by atoms with Crippen LogP contribution in [0.2, 0.25) is 0 Å². The number of hydrogen-bond donors (Lipinski definition) is 2. The maximum absolute atomic E-state index is 12.6. The van der Waals surface area contributed by atoms with Gasteiger partial charge in [-0.05, 0) is 26.7 Å². The summed E-state index contributed by atoms with van der Waals surface area (Å²) < 4.78 is 0. The number of carbonyl (C=O) groups excluding carboxylic acids is 1. The molecule has 0 unspecified atom stereocenters. The molecule has 0 bridgehead atoms. The predicted octanol–water partition coefficient (Wildman–Crippen LogP) is 1.22. The Morgan fingerprint density at radius 2 is 1.78 bits per heavy atom. The molecule has 5 heteroatoms. The summed E-state index contributed by atoms with van der Waals surface area (Å²) in [6.07, 6.45) is 4.64. The second-order valence-electron chi connectivity index (χ2n) is 5.77. The van der Waals surface area contributed by atoms with Gasteiger partial charge in [0.15, 0.2) is 0 Å². The Morgan fingerprint density at radius 1 is 1.28 bits per heavy atom. The number of likely N-dealkylation sites (N-methyl/N-ethyl adjacent to an activating group) is 1. The number of amides is 1. The molecular weight excluding hydrogens is 232 g/mol. The number of carboxylic acids is 1. The first-order chi connectivity index (χ1) is 8.28. The van der Waals surface area contributed by atoms with Crippen molar-refractivity contribution in [2.45, 2.75) is 51.5 Å². The van der Waals surface area contributed by atoms with Gasteiger partial charge in [0.2, 0.25) is 5.91 Å². The van der Waals surface area contributed by atoms with Crippen LogP contribution in [0.5, 0.6) is 0 Å². The third-order valence-electron chi connectivity index (χ3n) is 4.32. The Labute approximate surface area is 108 Å². The van der Waals surface area contributed by atoms with Crippen molar-refractivity contribution in [1.82, 2.24) is 4.90 Å². The van der Waals surface area contributed by atoms with Gasteiger partial charge in [-0.3, -0.25) is 4.79 Å². The lowest BCUT2D eigenvalue weighted by atomic mass is 9.72. The van der Waals surface area contributed by atoms with Crippen molar-refractivity contribution in [3.8, 4) is 0 Å². The van der Waals surface area contributed by atoms with Crippen LogP contribution in [0.1, 0.15) is 46.0 Å². The number of aliphatic carboxylic acids is 1. The van der Waals surface area contributed by atoms with Crippen molar-refractivity contribution in [3.63, 3.8) is 0 Å². The number of rotatable bonds is 4. The van der Waals surface area contributed by atoms with E-state index in [-0.39, 0.29) is 5.91 Å². The Hall–Kier alpha value is -1.10. The first kappa shape index (κ1) is 15.0. The van der Waals surface area contributed by atoms with Gasteiger partial charge in [0.05, 0.1) is 5.41 Å². The van der Waals surface area contributed by atoms with E-state index in [4.69, 9.17) is 5.73 Å². The van der Waals surface area contributed by atoms with Crippen LogP contribution in [-0.4, -0.2) is 41.0 Å². The SMILES string of the molecule is CN(C(=O)C1(CN)CCCCC1)C(C)(C)C(=O)O. The maximum atomic E-state index is 12.6. The molecule has 0 aromatic carbocycles. The zero-order valence-electron chi connectivity index (χ0n) is 11.5. The van der Waals surface area contributed by atoms with Crippen molar-refractivity contribution in [3.05, 3.63) is 0 Å². The van der Waals surface area contributed by atoms with Gasteiger partial charge >= 0.3 is 5.97 Å². The standard InChI is InChI=1S/C13H24N2O3/c1-12(2,11(17)18)15(3)10(16)13(9-14)7-5-4-6-8-13/h4-9,14H2,1-3H3,(H,17,18). The average molecular weight is 256 g/mol. The summed E-state index contributed by atoms with van der Waals surface area (Å²) in [7, 11) is 1.56. The van der Waals surface area contributed by atoms with Gasteiger partial charge in [0.25, 0.3) is 0 Å². The molecule has 104 valence electrons. The summed E-state index contributed by atoms with van der Waals surface area (Å²) in [6.45, 7) is 3.38. The van der Waals surface area contributed by atoms with Crippen molar-refractivity contribution in [2.75, 3.05) is 13.6 Å². The van der Waals surface area contributed by atoms with Crippen LogP contribution in [-0.2, 0) is 9.59 Å². The molecule has 1 aliphatic rings. The molecule has 1 rings (SSSR count). The molecule has 0 atom stereocenters. The van der Waals surface area contributed by atoms with Crippen LogP contribution in [0, 0.1) is 5.41 Å². The highest BCUT2D eigenvalue weighted by Crippen LogP contribution is 2.38. The van der Waals surface area contributed by atoms with Crippen LogP contribution >= 0.6 is 0 Å². The molecule has 0 radical (unpaired) electrons. The fraction of sp³-hybridized carbons (Fsp3) is 0.846. The van der Waals surface area contributed by atoms with Gasteiger partial charge in [-0.1, -0.05) is 19.3 Å². The van der Waals surface area contributed by atoms with Gasteiger partial charge < -0.3 is 15.7 Å². The van der Waals surface area contributed by atoms with E-state index in [0.29, 0.717) is 6.54 Å². The number of hydrogen-bond acceptors (Lipinski definition) is 3. The summed E-state index contributed by atoms with van der Waals surface area (Å²) in [5.74, 6) is -1.13.